The third-order valence-corrected chi connectivity index (χ3v) is 5.80. The molecule has 1 aliphatic heterocycles. The van der Waals surface area contributed by atoms with Gasteiger partial charge in [-0.05, 0) is 31.0 Å². The van der Waals surface area contributed by atoms with Gasteiger partial charge in [0.05, 0.1) is 5.39 Å². The van der Waals surface area contributed by atoms with Gasteiger partial charge >= 0.3 is 0 Å². The van der Waals surface area contributed by atoms with E-state index in [1.165, 1.54) is 32.1 Å². The van der Waals surface area contributed by atoms with Crippen LogP contribution < -0.4 is 10.2 Å². The summed E-state index contributed by atoms with van der Waals surface area (Å²) < 4.78 is 1.77. The van der Waals surface area contributed by atoms with Gasteiger partial charge in [-0.15, -0.1) is 0 Å². The summed E-state index contributed by atoms with van der Waals surface area (Å²) in [7, 11) is 1.89. The van der Waals surface area contributed by atoms with E-state index in [1.54, 1.807) is 4.68 Å². The van der Waals surface area contributed by atoms with Gasteiger partial charge in [-0.25, -0.2) is 9.67 Å². The van der Waals surface area contributed by atoms with Gasteiger partial charge in [0.15, 0.2) is 11.4 Å². The lowest BCUT2D eigenvalue weighted by Gasteiger charge is -2.21. The second-order valence-electron chi connectivity index (χ2n) is 7.73. The minimum absolute atomic E-state index is 0.177. The van der Waals surface area contributed by atoms with E-state index >= 15 is 0 Å². The highest BCUT2D eigenvalue weighted by Crippen LogP contribution is 2.29. The zero-order valence-electron chi connectivity index (χ0n) is 15.7. The zero-order chi connectivity index (χ0) is 17.9. The molecule has 1 aliphatic carbocycles. The van der Waals surface area contributed by atoms with Gasteiger partial charge in [-0.2, -0.15) is 5.10 Å². The first kappa shape index (κ1) is 17.5. The molecule has 1 saturated carbocycles. The molecule has 0 aromatic carbocycles. The van der Waals surface area contributed by atoms with E-state index in [0.29, 0.717) is 18.0 Å². The van der Waals surface area contributed by atoms with Gasteiger partial charge in [-0.3, -0.25) is 4.79 Å². The van der Waals surface area contributed by atoms with Crippen LogP contribution in [0.1, 0.15) is 55.4 Å². The van der Waals surface area contributed by atoms with Crippen LogP contribution in [0.3, 0.4) is 0 Å². The Balaban J connectivity index is 1.57. The molecule has 2 aromatic rings. The van der Waals surface area contributed by atoms with Crippen molar-refractivity contribution in [1.29, 1.82) is 0 Å². The number of ketones is 1. The number of hydrogen-bond donors (Lipinski definition) is 1. The number of carbonyl (C=O) groups is 1. The Morgan fingerprint density at radius 2 is 2.00 bits per heavy atom. The van der Waals surface area contributed by atoms with E-state index in [4.69, 9.17) is 4.98 Å². The van der Waals surface area contributed by atoms with Crippen LogP contribution in [0.15, 0.2) is 12.1 Å². The molecule has 0 spiro atoms. The van der Waals surface area contributed by atoms with Crippen LogP contribution >= 0.6 is 0 Å². The minimum atomic E-state index is 0.177. The molecule has 1 N–H and O–H groups in total. The molecule has 6 heteroatoms. The standard InChI is InChI=1S/C20H29N5O/c1-24-20-16(8-9-18(22-20)25-12-5-10-21-11-13-25)19(23-24)17(26)14-15-6-3-2-4-7-15/h8-9,15,21H,2-7,10-14H2,1H3. The summed E-state index contributed by atoms with van der Waals surface area (Å²) in [5, 5.41) is 8.85. The quantitative estimate of drug-likeness (QED) is 0.855. The van der Waals surface area contributed by atoms with E-state index in [9.17, 15) is 4.79 Å². The highest BCUT2D eigenvalue weighted by atomic mass is 16.1. The third-order valence-electron chi connectivity index (χ3n) is 5.80. The summed E-state index contributed by atoms with van der Waals surface area (Å²) in [5.41, 5.74) is 1.41. The molecule has 2 fully saturated rings. The van der Waals surface area contributed by atoms with Gasteiger partial charge in [0.1, 0.15) is 11.5 Å². The van der Waals surface area contributed by atoms with Crippen molar-refractivity contribution in [3.05, 3.63) is 17.8 Å². The van der Waals surface area contributed by atoms with E-state index in [0.717, 1.165) is 49.5 Å². The molecule has 2 aromatic heterocycles. The van der Waals surface area contributed by atoms with E-state index in [-0.39, 0.29) is 5.78 Å². The second-order valence-corrected chi connectivity index (χ2v) is 7.73. The van der Waals surface area contributed by atoms with Crippen LogP contribution in [0.2, 0.25) is 0 Å². The number of aromatic nitrogens is 3. The first-order valence-electron chi connectivity index (χ1n) is 10.0. The Morgan fingerprint density at radius 1 is 1.15 bits per heavy atom. The van der Waals surface area contributed by atoms with E-state index < -0.39 is 0 Å². The maximum absolute atomic E-state index is 12.8. The number of rotatable bonds is 4. The monoisotopic (exact) mass is 355 g/mol. The topological polar surface area (TPSA) is 63.1 Å². The lowest BCUT2D eigenvalue weighted by Crippen LogP contribution is -2.28. The molecule has 26 heavy (non-hydrogen) atoms. The fourth-order valence-electron chi connectivity index (χ4n) is 4.33. The predicted octanol–water partition coefficient (Wildman–Crippen LogP) is 2.92. The highest BCUT2D eigenvalue weighted by Gasteiger charge is 2.23. The summed E-state index contributed by atoms with van der Waals surface area (Å²) in [6.07, 6.45) is 7.95. The Labute approximate surface area is 155 Å². The molecule has 0 amide bonds. The summed E-state index contributed by atoms with van der Waals surface area (Å²) in [6.45, 7) is 4.02. The highest BCUT2D eigenvalue weighted by molar-refractivity contribution is 6.05. The molecule has 2 aliphatic rings. The number of carbonyl (C=O) groups excluding carboxylic acids is 1. The Morgan fingerprint density at radius 3 is 2.85 bits per heavy atom. The predicted molar refractivity (Wildman–Crippen MR) is 104 cm³/mol. The van der Waals surface area contributed by atoms with Gasteiger partial charge in [0.25, 0.3) is 0 Å². The molecule has 4 rings (SSSR count). The van der Waals surface area contributed by atoms with E-state index in [2.05, 4.69) is 15.3 Å². The maximum atomic E-state index is 12.8. The Kier molecular flexibility index (Phi) is 5.20. The molecule has 3 heterocycles. The number of pyridine rings is 1. The van der Waals surface area contributed by atoms with Crippen molar-refractivity contribution in [3.63, 3.8) is 0 Å². The van der Waals surface area contributed by atoms with Crippen LogP contribution in [-0.2, 0) is 7.05 Å². The summed E-state index contributed by atoms with van der Waals surface area (Å²) in [6, 6.07) is 4.09. The summed E-state index contributed by atoms with van der Waals surface area (Å²) in [5.74, 6) is 1.69. The molecular formula is C20H29N5O. The Hall–Kier alpha value is -1.95. The largest absolute Gasteiger partial charge is 0.355 e. The molecule has 0 radical (unpaired) electrons. The van der Waals surface area contributed by atoms with Gasteiger partial charge < -0.3 is 10.2 Å². The smallest absolute Gasteiger partial charge is 0.184 e. The van der Waals surface area contributed by atoms with Crippen molar-refractivity contribution in [2.45, 2.75) is 44.9 Å². The Bertz CT molecular complexity index is 770. The molecule has 6 nitrogen and oxygen atoms in total. The molecule has 0 atom stereocenters. The first-order chi connectivity index (χ1) is 12.7. The van der Waals surface area contributed by atoms with Crippen LogP contribution in [-0.4, -0.2) is 46.7 Å². The van der Waals surface area contributed by atoms with Crippen LogP contribution in [0.4, 0.5) is 5.82 Å². The third kappa shape index (κ3) is 3.61. The number of anilines is 1. The van der Waals surface area contributed by atoms with Crippen molar-refractivity contribution >= 4 is 22.6 Å². The van der Waals surface area contributed by atoms with Crippen molar-refractivity contribution in [3.8, 4) is 0 Å². The number of hydrogen-bond acceptors (Lipinski definition) is 5. The fourth-order valence-corrected chi connectivity index (χ4v) is 4.33. The van der Waals surface area contributed by atoms with Gasteiger partial charge in [-0.1, -0.05) is 32.1 Å². The number of nitrogens with one attached hydrogen (secondary N) is 1. The summed E-state index contributed by atoms with van der Waals surface area (Å²) in [4.78, 5) is 20.0. The number of Topliss-reactive ketones (excluding diaryl/α,β-unsaturated/α-hetero) is 1. The van der Waals surface area contributed by atoms with Crippen LogP contribution in [0, 0.1) is 5.92 Å². The lowest BCUT2D eigenvalue weighted by molar-refractivity contribution is 0.0946. The van der Waals surface area contributed by atoms with Gasteiger partial charge in [0, 0.05) is 33.1 Å². The van der Waals surface area contributed by atoms with Gasteiger partial charge in [0.2, 0.25) is 0 Å². The molecule has 0 bridgehead atoms. The van der Waals surface area contributed by atoms with Crippen molar-refractivity contribution in [1.82, 2.24) is 20.1 Å². The van der Waals surface area contributed by atoms with Crippen LogP contribution in [0.25, 0.3) is 11.0 Å². The van der Waals surface area contributed by atoms with Crippen molar-refractivity contribution in [2.75, 3.05) is 31.1 Å². The maximum Gasteiger partial charge on any atom is 0.184 e. The normalized spacial score (nSPS) is 19.7. The molecule has 140 valence electrons. The molecule has 1 saturated heterocycles. The average Bonchev–Trinajstić information content (AvgIpc) is 2.84. The fraction of sp³-hybridized carbons (Fsp3) is 0.650. The SMILES string of the molecule is Cn1nc(C(=O)CC2CCCCC2)c2ccc(N3CCCNCC3)nc21. The molecular weight excluding hydrogens is 326 g/mol. The average molecular weight is 355 g/mol. The van der Waals surface area contributed by atoms with Crippen molar-refractivity contribution in [2.24, 2.45) is 13.0 Å². The summed E-state index contributed by atoms with van der Waals surface area (Å²) >= 11 is 0. The number of nitrogens with zero attached hydrogens (tertiary/aromatic N) is 4. The minimum Gasteiger partial charge on any atom is -0.355 e. The van der Waals surface area contributed by atoms with Crippen LogP contribution in [0.5, 0.6) is 0 Å². The first-order valence-corrected chi connectivity index (χ1v) is 10.0. The van der Waals surface area contributed by atoms with E-state index in [1.807, 2.05) is 19.2 Å². The second kappa shape index (κ2) is 7.74. The lowest BCUT2D eigenvalue weighted by atomic mass is 9.85. The number of fused-ring (bicyclic) bond motifs is 1. The zero-order valence-corrected chi connectivity index (χ0v) is 15.7. The molecule has 0 unspecified atom stereocenters. The number of aryl methyl sites for hydroxylation is 1. The van der Waals surface area contributed by atoms with Crippen molar-refractivity contribution < 1.29 is 4.79 Å².